The lowest BCUT2D eigenvalue weighted by molar-refractivity contribution is -0.121. The fraction of sp³-hybridized carbons (Fsp3) is 0.923. The summed E-state index contributed by atoms with van der Waals surface area (Å²) in [6.45, 7) is 1.46. The molecule has 1 saturated heterocycles. The second kappa shape index (κ2) is 7.38. The Morgan fingerprint density at radius 2 is 2.05 bits per heavy atom. The van der Waals surface area contributed by atoms with Gasteiger partial charge in [0.1, 0.15) is 0 Å². The minimum absolute atomic E-state index is 0.0546. The first-order valence-electron chi connectivity index (χ1n) is 7.37. The lowest BCUT2D eigenvalue weighted by atomic mass is 10.2. The van der Waals surface area contributed by atoms with Gasteiger partial charge in [0.15, 0.2) is 9.84 Å². The summed E-state index contributed by atoms with van der Waals surface area (Å²) in [6, 6.07) is -0.260. The quantitative estimate of drug-likeness (QED) is 0.666. The Morgan fingerprint density at radius 3 is 2.75 bits per heavy atom. The highest BCUT2D eigenvalue weighted by Gasteiger charge is 2.25. The zero-order valence-electron chi connectivity index (χ0n) is 11.8. The summed E-state index contributed by atoms with van der Waals surface area (Å²) < 4.78 is 28.6. The van der Waals surface area contributed by atoms with E-state index in [1.54, 1.807) is 0 Å². The predicted molar refractivity (Wildman–Crippen MR) is 76.3 cm³/mol. The van der Waals surface area contributed by atoms with Crippen molar-refractivity contribution < 1.29 is 17.9 Å². The van der Waals surface area contributed by atoms with Gasteiger partial charge in [-0.1, -0.05) is 12.8 Å². The molecule has 0 spiro atoms. The summed E-state index contributed by atoms with van der Waals surface area (Å²) >= 11 is 0. The Kier molecular flexibility index (Phi) is 5.80. The van der Waals surface area contributed by atoms with Crippen molar-refractivity contribution in [3.05, 3.63) is 0 Å². The molecule has 7 heteroatoms. The molecule has 1 aliphatic heterocycles. The molecular weight excluding hydrogens is 280 g/mol. The van der Waals surface area contributed by atoms with E-state index in [0.29, 0.717) is 25.8 Å². The maximum atomic E-state index is 11.7. The number of hydrogen-bond donors (Lipinski definition) is 2. The highest BCUT2D eigenvalue weighted by molar-refractivity contribution is 7.91. The monoisotopic (exact) mass is 304 g/mol. The van der Waals surface area contributed by atoms with Gasteiger partial charge in [-0.15, -0.1) is 0 Å². The highest BCUT2D eigenvalue weighted by atomic mass is 32.2. The molecular formula is C13H24N2O4S. The van der Waals surface area contributed by atoms with Gasteiger partial charge in [-0.25, -0.2) is 8.42 Å². The van der Waals surface area contributed by atoms with Gasteiger partial charge in [0.2, 0.25) is 5.91 Å². The summed E-state index contributed by atoms with van der Waals surface area (Å²) in [5, 5.41) is 5.85. The zero-order chi connectivity index (χ0) is 14.4. The van der Waals surface area contributed by atoms with Crippen molar-refractivity contribution in [2.75, 3.05) is 31.2 Å². The fourth-order valence-electron chi connectivity index (χ4n) is 2.77. The van der Waals surface area contributed by atoms with Crippen LogP contribution in [0.15, 0.2) is 0 Å². The molecule has 0 radical (unpaired) electrons. The number of rotatable bonds is 6. The Hall–Kier alpha value is -0.660. The van der Waals surface area contributed by atoms with Gasteiger partial charge in [0.25, 0.3) is 0 Å². The second-order valence-electron chi connectivity index (χ2n) is 5.60. The first-order chi connectivity index (χ1) is 9.55. The van der Waals surface area contributed by atoms with Crippen molar-refractivity contribution in [3.8, 4) is 0 Å². The number of ether oxygens (including phenoxy) is 1. The molecule has 2 aliphatic rings. The van der Waals surface area contributed by atoms with Crippen molar-refractivity contribution in [2.45, 2.75) is 44.2 Å². The van der Waals surface area contributed by atoms with Crippen LogP contribution in [-0.2, 0) is 19.4 Å². The predicted octanol–water partition coefficient (Wildman–Crippen LogP) is -0.161. The summed E-state index contributed by atoms with van der Waals surface area (Å²) in [5.74, 6) is 0.105. The van der Waals surface area contributed by atoms with E-state index < -0.39 is 9.84 Å². The third-order valence-electron chi connectivity index (χ3n) is 3.81. The van der Waals surface area contributed by atoms with E-state index in [4.69, 9.17) is 4.74 Å². The SMILES string of the molecule is O=C(CC1CS(=O)(=O)CCN1)NCCOC1CCCC1. The molecule has 0 aromatic carbocycles. The minimum atomic E-state index is -2.98. The van der Waals surface area contributed by atoms with Crippen molar-refractivity contribution in [1.82, 2.24) is 10.6 Å². The average molecular weight is 304 g/mol. The molecule has 2 rings (SSSR count). The van der Waals surface area contributed by atoms with Gasteiger partial charge in [-0.3, -0.25) is 4.79 Å². The lowest BCUT2D eigenvalue weighted by Gasteiger charge is -2.23. The molecule has 1 atom stereocenters. The minimum Gasteiger partial charge on any atom is -0.376 e. The molecule has 2 N–H and O–H groups in total. The molecule has 116 valence electrons. The normalized spacial score (nSPS) is 26.5. The molecule has 6 nitrogen and oxygen atoms in total. The van der Waals surface area contributed by atoms with E-state index in [-0.39, 0.29) is 29.9 Å². The number of nitrogens with one attached hydrogen (secondary N) is 2. The van der Waals surface area contributed by atoms with Crippen LogP contribution in [0.2, 0.25) is 0 Å². The summed E-state index contributed by atoms with van der Waals surface area (Å²) in [7, 11) is -2.98. The number of carbonyl (C=O) groups excluding carboxylic acids is 1. The molecule has 1 unspecified atom stereocenters. The molecule has 1 heterocycles. The van der Waals surface area contributed by atoms with Gasteiger partial charge in [0, 0.05) is 25.6 Å². The summed E-state index contributed by atoms with van der Waals surface area (Å²) in [5.41, 5.74) is 0. The van der Waals surface area contributed by atoms with E-state index >= 15 is 0 Å². The molecule has 20 heavy (non-hydrogen) atoms. The molecule has 1 amide bonds. The standard InChI is InChI=1S/C13H24N2O4S/c16-13(9-11-10-20(17,18)8-6-14-11)15-5-7-19-12-3-1-2-4-12/h11-12,14H,1-10H2,(H,15,16). The van der Waals surface area contributed by atoms with Gasteiger partial charge in [-0.2, -0.15) is 0 Å². The van der Waals surface area contributed by atoms with Crippen LogP contribution >= 0.6 is 0 Å². The summed E-state index contributed by atoms with van der Waals surface area (Å²) in [6.07, 6.45) is 5.28. The first kappa shape index (κ1) is 15.7. The van der Waals surface area contributed by atoms with E-state index in [0.717, 1.165) is 12.8 Å². The van der Waals surface area contributed by atoms with Gasteiger partial charge in [0.05, 0.1) is 24.2 Å². The molecule has 1 aliphatic carbocycles. The second-order valence-corrected chi connectivity index (χ2v) is 7.83. The Labute approximate surface area is 120 Å². The van der Waals surface area contributed by atoms with E-state index in [1.165, 1.54) is 12.8 Å². The van der Waals surface area contributed by atoms with Gasteiger partial charge < -0.3 is 15.4 Å². The first-order valence-corrected chi connectivity index (χ1v) is 9.19. The van der Waals surface area contributed by atoms with E-state index in [2.05, 4.69) is 10.6 Å². The maximum Gasteiger partial charge on any atom is 0.221 e. The molecule has 0 aromatic rings. The Bertz CT molecular complexity index is 418. The Balaban J connectivity index is 1.57. The number of amides is 1. The average Bonchev–Trinajstić information content (AvgIpc) is 2.86. The van der Waals surface area contributed by atoms with Crippen LogP contribution in [0.4, 0.5) is 0 Å². The topological polar surface area (TPSA) is 84.5 Å². The van der Waals surface area contributed by atoms with Crippen molar-refractivity contribution in [2.24, 2.45) is 0 Å². The van der Waals surface area contributed by atoms with Crippen molar-refractivity contribution >= 4 is 15.7 Å². The maximum absolute atomic E-state index is 11.7. The Morgan fingerprint density at radius 1 is 1.30 bits per heavy atom. The van der Waals surface area contributed by atoms with E-state index in [1.807, 2.05) is 0 Å². The van der Waals surface area contributed by atoms with E-state index in [9.17, 15) is 13.2 Å². The number of hydrogen-bond acceptors (Lipinski definition) is 5. The number of sulfone groups is 1. The smallest absolute Gasteiger partial charge is 0.221 e. The molecule has 0 aromatic heterocycles. The third kappa shape index (κ3) is 5.38. The van der Waals surface area contributed by atoms with Crippen molar-refractivity contribution in [3.63, 3.8) is 0 Å². The summed E-state index contributed by atoms with van der Waals surface area (Å²) in [4.78, 5) is 11.7. The van der Waals surface area contributed by atoms with Crippen LogP contribution in [0, 0.1) is 0 Å². The van der Waals surface area contributed by atoms with Crippen LogP contribution < -0.4 is 10.6 Å². The van der Waals surface area contributed by atoms with Gasteiger partial charge in [-0.05, 0) is 12.8 Å². The molecule has 0 bridgehead atoms. The lowest BCUT2D eigenvalue weighted by Crippen LogP contribution is -2.47. The van der Waals surface area contributed by atoms with Crippen LogP contribution in [0.3, 0.4) is 0 Å². The fourth-order valence-corrected chi connectivity index (χ4v) is 4.21. The molecule has 1 saturated carbocycles. The zero-order valence-corrected chi connectivity index (χ0v) is 12.6. The third-order valence-corrected chi connectivity index (χ3v) is 5.55. The highest BCUT2D eigenvalue weighted by Crippen LogP contribution is 2.20. The van der Waals surface area contributed by atoms with Crippen LogP contribution in [0.1, 0.15) is 32.1 Å². The van der Waals surface area contributed by atoms with Crippen LogP contribution in [0.5, 0.6) is 0 Å². The molecule has 2 fully saturated rings. The van der Waals surface area contributed by atoms with Crippen LogP contribution in [0.25, 0.3) is 0 Å². The largest absolute Gasteiger partial charge is 0.376 e. The van der Waals surface area contributed by atoms with Crippen molar-refractivity contribution in [1.29, 1.82) is 0 Å². The number of carbonyl (C=O) groups is 1. The van der Waals surface area contributed by atoms with Gasteiger partial charge >= 0.3 is 0 Å². The van der Waals surface area contributed by atoms with Crippen LogP contribution in [-0.4, -0.2) is 57.7 Å².